The van der Waals surface area contributed by atoms with Crippen molar-refractivity contribution in [3.63, 3.8) is 0 Å². The van der Waals surface area contributed by atoms with Crippen LogP contribution < -0.4 is 0 Å². The number of sulfone groups is 1. The van der Waals surface area contributed by atoms with Crippen LogP contribution in [-0.4, -0.2) is 33.9 Å². The van der Waals surface area contributed by atoms with E-state index >= 15 is 0 Å². The molecule has 7 nitrogen and oxygen atoms in total. The van der Waals surface area contributed by atoms with Crippen molar-refractivity contribution in [2.75, 3.05) is 5.75 Å². The molecule has 0 unspecified atom stereocenters. The van der Waals surface area contributed by atoms with Gasteiger partial charge in [0.15, 0.2) is 9.84 Å². The molecule has 27 heavy (non-hydrogen) atoms. The second-order valence-corrected chi connectivity index (χ2v) is 8.56. The number of aryl methyl sites for hydroxylation is 3. The molecule has 2 heterocycles. The van der Waals surface area contributed by atoms with Gasteiger partial charge < -0.3 is 9.09 Å². The molecule has 2 aromatic carbocycles. The minimum Gasteiger partial charge on any atom is -0.339 e. The van der Waals surface area contributed by atoms with Crippen LogP contribution in [-0.2, 0) is 23.3 Å². The molecule has 0 saturated heterocycles. The Kier molecular flexibility index (Phi) is 4.27. The van der Waals surface area contributed by atoms with E-state index in [2.05, 4.69) is 15.1 Å². The fourth-order valence-electron chi connectivity index (χ4n) is 2.83. The van der Waals surface area contributed by atoms with E-state index in [9.17, 15) is 8.42 Å². The summed E-state index contributed by atoms with van der Waals surface area (Å²) in [5.74, 6) is 0.629. The lowest BCUT2D eigenvalue weighted by Gasteiger charge is -2.03. The van der Waals surface area contributed by atoms with Crippen molar-refractivity contribution in [1.29, 1.82) is 0 Å². The second-order valence-electron chi connectivity index (χ2n) is 6.45. The third-order valence-electron chi connectivity index (χ3n) is 4.42. The minimum atomic E-state index is -3.40. The monoisotopic (exact) mass is 382 g/mol. The van der Waals surface area contributed by atoms with Crippen LogP contribution in [0, 0.1) is 6.92 Å². The third-order valence-corrected chi connectivity index (χ3v) is 6.15. The van der Waals surface area contributed by atoms with Gasteiger partial charge in [0.1, 0.15) is 0 Å². The number of rotatable bonds is 5. The van der Waals surface area contributed by atoms with Crippen molar-refractivity contribution in [3.05, 3.63) is 60.2 Å². The maximum atomic E-state index is 12.4. The Morgan fingerprint density at radius 3 is 2.67 bits per heavy atom. The molecular weight excluding hydrogens is 364 g/mol. The first kappa shape index (κ1) is 17.4. The summed E-state index contributed by atoms with van der Waals surface area (Å²) >= 11 is 0. The number of imidazole rings is 1. The Morgan fingerprint density at radius 1 is 1.11 bits per heavy atom. The lowest BCUT2D eigenvalue weighted by atomic mass is 10.2. The van der Waals surface area contributed by atoms with Crippen LogP contribution in [0.15, 0.2) is 58.2 Å². The molecule has 4 rings (SSSR count). The molecule has 2 aromatic heterocycles. The van der Waals surface area contributed by atoms with Gasteiger partial charge >= 0.3 is 0 Å². The van der Waals surface area contributed by atoms with E-state index in [0.717, 1.165) is 22.2 Å². The Bertz CT molecular complexity index is 1210. The Balaban J connectivity index is 1.51. The minimum absolute atomic E-state index is 0.0863. The van der Waals surface area contributed by atoms with Gasteiger partial charge in [0.05, 0.1) is 28.0 Å². The third kappa shape index (κ3) is 3.48. The fourth-order valence-corrected chi connectivity index (χ4v) is 4.06. The highest BCUT2D eigenvalue weighted by Gasteiger charge is 2.17. The molecule has 138 valence electrons. The summed E-state index contributed by atoms with van der Waals surface area (Å²) in [6.45, 7) is 1.92. The van der Waals surface area contributed by atoms with E-state index in [-0.39, 0.29) is 12.2 Å². The number of hydrogen-bond donors (Lipinski definition) is 0. The van der Waals surface area contributed by atoms with Crippen LogP contribution in [0.1, 0.15) is 11.5 Å². The maximum absolute atomic E-state index is 12.4. The summed E-state index contributed by atoms with van der Waals surface area (Å²) in [4.78, 5) is 8.94. The maximum Gasteiger partial charge on any atom is 0.227 e. The van der Waals surface area contributed by atoms with Crippen LogP contribution >= 0.6 is 0 Å². The molecule has 0 fully saturated rings. The summed E-state index contributed by atoms with van der Waals surface area (Å²) in [5, 5.41) is 3.97. The summed E-state index contributed by atoms with van der Waals surface area (Å²) in [7, 11) is -1.47. The predicted molar refractivity (Wildman–Crippen MR) is 101 cm³/mol. The molecule has 0 saturated carbocycles. The first-order valence-corrected chi connectivity index (χ1v) is 10.1. The van der Waals surface area contributed by atoms with E-state index in [4.69, 9.17) is 4.52 Å². The summed E-state index contributed by atoms with van der Waals surface area (Å²) in [5.41, 5.74) is 3.63. The van der Waals surface area contributed by atoms with Crippen LogP contribution in [0.25, 0.3) is 22.4 Å². The van der Waals surface area contributed by atoms with Gasteiger partial charge in [-0.25, -0.2) is 13.4 Å². The Morgan fingerprint density at radius 2 is 1.89 bits per heavy atom. The van der Waals surface area contributed by atoms with Crippen molar-refractivity contribution in [2.24, 2.45) is 7.05 Å². The number of fused-ring (bicyclic) bond motifs is 1. The second kappa shape index (κ2) is 6.62. The van der Waals surface area contributed by atoms with Crippen molar-refractivity contribution >= 4 is 20.9 Å². The normalized spacial score (nSPS) is 11.9. The smallest absolute Gasteiger partial charge is 0.227 e. The van der Waals surface area contributed by atoms with Gasteiger partial charge in [0.25, 0.3) is 0 Å². The first-order chi connectivity index (χ1) is 12.9. The SMILES string of the molecule is Cc1ccc(S(=O)(=O)CCc2nc(-c3ccc4c(c3)ncn4C)no2)cc1. The van der Waals surface area contributed by atoms with Crippen LogP contribution in [0.2, 0.25) is 0 Å². The Hall–Kier alpha value is -3.00. The highest BCUT2D eigenvalue weighted by Crippen LogP contribution is 2.22. The van der Waals surface area contributed by atoms with Crippen molar-refractivity contribution in [3.8, 4) is 11.4 Å². The van der Waals surface area contributed by atoms with Crippen LogP contribution in [0.4, 0.5) is 0 Å². The molecule has 8 heteroatoms. The highest BCUT2D eigenvalue weighted by atomic mass is 32.2. The van der Waals surface area contributed by atoms with Crippen molar-refractivity contribution in [1.82, 2.24) is 19.7 Å². The lowest BCUT2D eigenvalue weighted by Crippen LogP contribution is -2.09. The zero-order valence-corrected chi connectivity index (χ0v) is 15.8. The molecular formula is C19H18N4O3S. The lowest BCUT2D eigenvalue weighted by molar-refractivity contribution is 0.382. The average molecular weight is 382 g/mol. The molecule has 0 N–H and O–H groups in total. The number of benzene rings is 2. The summed E-state index contributed by atoms with van der Waals surface area (Å²) in [6.07, 6.45) is 1.90. The highest BCUT2D eigenvalue weighted by molar-refractivity contribution is 7.91. The van der Waals surface area contributed by atoms with Gasteiger partial charge in [-0.1, -0.05) is 22.9 Å². The van der Waals surface area contributed by atoms with E-state index in [1.54, 1.807) is 30.6 Å². The first-order valence-electron chi connectivity index (χ1n) is 8.46. The molecule has 0 aliphatic carbocycles. The molecule has 0 spiro atoms. The van der Waals surface area contributed by atoms with E-state index < -0.39 is 9.84 Å². The topological polar surface area (TPSA) is 90.9 Å². The summed E-state index contributed by atoms with van der Waals surface area (Å²) in [6, 6.07) is 12.5. The Labute approximate surface area is 156 Å². The predicted octanol–water partition coefficient (Wildman–Crippen LogP) is 2.95. The molecule has 4 aromatic rings. The zero-order valence-electron chi connectivity index (χ0n) is 15.0. The van der Waals surface area contributed by atoms with Crippen LogP contribution in [0.5, 0.6) is 0 Å². The van der Waals surface area contributed by atoms with E-state index in [0.29, 0.717) is 16.6 Å². The standard InChI is InChI=1S/C19H18N4O3S/c1-13-3-6-15(7-4-13)27(24,25)10-9-18-21-19(22-26-18)14-5-8-17-16(11-14)20-12-23(17)2/h3-8,11-12H,9-10H2,1-2H3. The largest absolute Gasteiger partial charge is 0.339 e. The van der Waals surface area contributed by atoms with E-state index in [1.807, 2.05) is 36.7 Å². The molecule has 0 radical (unpaired) electrons. The average Bonchev–Trinajstić information content (AvgIpc) is 3.27. The van der Waals surface area contributed by atoms with Crippen LogP contribution in [0.3, 0.4) is 0 Å². The molecule has 0 aliphatic heterocycles. The zero-order chi connectivity index (χ0) is 19.0. The van der Waals surface area contributed by atoms with Crippen molar-refractivity contribution in [2.45, 2.75) is 18.2 Å². The quantitative estimate of drug-likeness (QED) is 0.527. The van der Waals surface area contributed by atoms with Gasteiger partial charge in [-0.3, -0.25) is 0 Å². The van der Waals surface area contributed by atoms with Gasteiger partial charge in [-0.2, -0.15) is 4.98 Å². The fraction of sp³-hybridized carbons (Fsp3) is 0.211. The van der Waals surface area contributed by atoms with Gasteiger partial charge in [0.2, 0.25) is 11.7 Å². The molecule has 0 atom stereocenters. The summed E-state index contributed by atoms with van der Waals surface area (Å²) < 4.78 is 32.0. The van der Waals surface area contributed by atoms with Crippen molar-refractivity contribution < 1.29 is 12.9 Å². The van der Waals surface area contributed by atoms with Gasteiger partial charge in [0, 0.05) is 19.0 Å². The molecule has 0 aliphatic rings. The number of aromatic nitrogens is 4. The molecule has 0 amide bonds. The molecule has 0 bridgehead atoms. The van der Waals surface area contributed by atoms with Gasteiger partial charge in [-0.15, -0.1) is 0 Å². The van der Waals surface area contributed by atoms with E-state index in [1.165, 1.54) is 0 Å². The van der Waals surface area contributed by atoms with Gasteiger partial charge in [-0.05, 0) is 37.3 Å². The number of nitrogens with zero attached hydrogens (tertiary/aromatic N) is 4. The number of hydrogen-bond acceptors (Lipinski definition) is 6.